The van der Waals surface area contributed by atoms with Crippen LogP contribution in [0.4, 0.5) is 0 Å². The highest BCUT2D eigenvalue weighted by molar-refractivity contribution is 5.85. The first-order chi connectivity index (χ1) is 45.2. The van der Waals surface area contributed by atoms with Gasteiger partial charge in [0.05, 0.1) is 0 Å². The summed E-state index contributed by atoms with van der Waals surface area (Å²) in [5.74, 6) is 1.49. The summed E-state index contributed by atoms with van der Waals surface area (Å²) in [6, 6.07) is 104. The third kappa shape index (κ3) is 9.31. The van der Waals surface area contributed by atoms with Crippen LogP contribution < -0.4 is 0 Å². The molecule has 0 heterocycles. The Bertz CT molecular complexity index is 4530. The van der Waals surface area contributed by atoms with Gasteiger partial charge in [-0.25, -0.2) is 0 Å². The van der Waals surface area contributed by atoms with Crippen molar-refractivity contribution in [2.24, 2.45) is 0 Å². The summed E-state index contributed by atoms with van der Waals surface area (Å²) in [6.07, 6.45) is 10.1. The molecule has 0 fully saturated rings. The third-order valence-corrected chi connectivity index (χ3v) is 22.1. The van der Waals surface area contributed by atoms with Crippen LogP contribution in [0, 0.1) is 20.8 Å². The molecule has 5 aliphatic carbocycles. The zero-order chi connectivity index (χ0) is 61.7. The van der Waals surface area contributed by atoms with Gasteiger partial charge in [0.25, 0.3) is 0 Å². The van der Waals surface area contributed by atoms with Crippen LogP contribution in [0.25, 0.3) is 50.1 Å². The number of benzene rings is 12. The fraction of sp³-hybridized carbons (Fsp3) is 0.174. The Hall–Kier alpha value is -9.88. The second kappa shape index (κ2) is 22.8. The molecule has 92 heavy (non-hydrogen) atoms. The molecule has 0 N–H and O–H groups in total. The van der Waals surface area contributed by atoms with E-state index in [2.05, 4.69) is 320 Å². The van der Waals surface area contributed by atoms with E-state index in [0.717, 1.165) is 19.3 Å². The van der Waals surface area contributed by atoms with E-state index >= 15 is 0 Å². The summed E-state index contributed by atoms with van der Waals surface area (Å²) < 4.78 is 0. The van der Waals surface area contributed by atoms with Gasteiger partial charge in [0.15, 0.2) is 0 Å². The second-order valence-electron chi connectivity index (χ2n) is 27.4. The number of hydrogen-bond donors (Lipinski definition) is 0. The largest absolute Gasteiger partial charge is 0.0726 e. The minimum atomic E-state index is 0.128. The van der Waals surface area contributed by atoms with Gasteiger partial charge in [0.1, 0.15) is 0 Å². The van der Waals surface area contributed by atoms with Crippen molar-refractivity contribution in [2.75, 3.05) is 0 Å². The fourth-order valence-electron chi connectivity index (χ4n) is 18.1. The van der Waals surface area contributed by atoms with E-state index in [1.54, 1.807) is 0 Å². The topological polar surface area (TPSA) is 0 Å². The van der Waals surface area contributed by atoms with Gasteiger partial charge in [-0.3, -0.25) is 0 Å². The maximum Gasteiger partial charge on any atom is 0.0352 e. The van der Waals surface area contributed by atoms with Crippen LogP contribution in [-0.2, 0) is 0 Å². The molecule has 0 bridgehead atoms. The summed E-state index contributed by atoms with van der Waals surface area (Å²) in [7, 11) is 0. The Kier molecular flexibility index (Phi) is 13.9. The van der Waals surface area contributed by atoms with E-state index < -0.39 is 0 Å². The highest BCUT2D eigenvalue weighted by Gasteiger charge is 2.37. The number of fused-ring (bicyclic) bond motifs is 12. The number of aryl methyl sites for hydroxylation is 3. The van der Waals surface area contributed by atoms with Gasteiger partial charge < -0.3 is 0 Å². The van der Waals surface area contributed by atoms with Crippen molar-refractivity contribution in [3.05, 3.63) is 396 Å². The summed E-state index contributed by atoms with van der Waals surface area (Å²) in [5, 5.41) is 0. The first-order valence-electron chi connectivity index (χ1n) is 33.8. The normalized spacial score (nSPS) is 16.1. The molecule has 0 radical (unpaired) electrons. The van der Waals surface area contributed by atoms with Crippen LogP contribution in [0.5, 0.6) is 0 Å². The third-order valence-electron chi connectivity index (χ3n) is 22.1. The van der Waals surface area contributed by atoms with Crippen LogP contribution in [0.15, 0.2) is 285 Å². The fourth-order valence-corrected chi connectivity index (χ4v) is 18.1. The zero-order valence-corrected chi connectivity index (χ0v) is 53.4. The Morgan fingerprint density at radius 3 is 0.989 bits per heavy atom. The van der Waals surface area contributed by atoms with Crippen LogP contribution in [0.2, 0.25) is 0 Å². The average molecular weight is 1180 g/mol. The Balaban J connectivity index is 0.813. The van der Waals surface area contributed by atoms with Gasteiger partial charge in [-0.2, -0.15) is 0 Å². The molecule has 0 saturated heterocycles. The van der Waals surface area contributed by atoms with Crippen molar-refractivity contribution in [3.63, 3.8) is 0 Å². The standard InChI is InChI=1S/C92H76/c1-6-60(65-52-68(91-84-36-19-11-28-75(84)76-29-12-20-37-85(76)91)55-69(53-65)92-86-38-21-13-30-77(86)78-31-14-22-39-87(78)92)49-64(61-42-44-62(45-43-61)70-40-23-41-79(70)88-58(4)46-56(2)47-59(88)5)48-57(3)63-50-66(89-80-32-15-7-24-71(80)72-25-8-16-33-81(72)89)54-67(51-63)90-82-34-17-9-26-73(82)74-27-10-18-35-83(74)90/h7-47,50-55,57,60,64,79,89-92H,6,48-49H2,1-5H3. The minimum absolute atomic E-state index is 0.128. The zero-order valence-electron chi connectivity index (χ0n) is 53.4. The summed E-state index contributed by atoms with van der Waals surface area (Å²) >= 11 is 0. The number of hydrogen-bond acceptors (Lipinski definition) is 0. The van der Waals surface area contributed by atoms with E-state index in [1.165, 1.54) is 161 Å². The lowest BCUT2D eigenvalue weighted by Gasteiger charge is -2.29. The molecule has 12 aromatic carbocycles. The average Bonchev–Trinajstić information content (AvgIpc) is 1.59. The summed E-state index contributed by atoms with van der Waals surface area (Å²) in [4.78, 5) is 0. The molecular weight excluding hydrogens is 1110 g/mol. The van der Waals surface area contributed by atoms with Gasteiger partial charge >= 0.3 is 0 Å². The molecule has 444 valence electrons. The first kappa shape index (κ1) is 56.1. The molecule has 0 nitrogen and oxygen atoms in total. The van der Waals surface area contributed by atoms with Crippen molar-refractivity contribution in [1.29, 1.82) is 0 Å². The van der Waals surface area contributed by atoms with Gasteiger partial charge in [0, 0.05) is 29.6 Å². The van der Waals surface area contributed by atoms with Gasteiger partial charge in [-0.15, -0.1) is 0 Å². The molecule has 17 rings (SSSR count). The van der Waals surface area contributed by atoms with Gasteiger partial charge in [0.2, 0.25) is 0 Å². The van der Waals surface area contributed by atoms with E-state index in [-0.39, 0.29) is 47.3 Å². The van der Waals surface area contributed by atoms with Crippen molar-refractivity contribution in [3.8, 4) is 44.5 Å². The number of allylic oxidation sites excluding steroid dienone is 4. The molecule has 0 saturated carbocycles. The predicted octanol–water partition coefficient (Wildman–Crippen LogP) is 23.9. The van der Waals surface area contributed by atoms with Crippen LogP contribution in [-0.4, -0.2) is 0 Å². The summed E-state index contributed by atoms with van der Waals surface area (Å²) in [6.45, 7) is 11.8. The predicted molar refractivity (Wildman–Crippen MR) is 385 cm³/mol. The Morgan fingerprint density at radius 2 is 0.652 bits per heavy atom. The van der Waals surface area contributed by atoms with Crippen molar-refractivity contribution >= 4 is 5.57 Å². The molecule has 4 atom stereocenters. The molecule has 0 spiro atoms. The van der Waals surface area contributed by atoms with Gasteiger partial charge in [-0.05, 0) is 214 Å². The maximum absolute atomic E-state index is 2.65. The van der Waals surface area contributed by atoms with Crippen LogP contribution in [0.1, 0.15) is 192 Å². The molecule has 0 heteroatoms. The van der Waals surface area contributed by atoms with Crippen molar-refractivity contribution < 1.29 is 0 Å². The lowest BCUT2D eigenvalue weighted by Crippen LogP contribution is -2.13. The quantitative estimate of drug-likeness (QED) is 0.102. The van der Waals surface area contributed by atoms with Crippen molar-refractivity contribution in [1.82, 2.24) is 0 Å². The van der Waals surface area contributed by atoms with Gasteiger partial charge in [-0.1, -0.05) is 305 Å². The van der Waals surface area contributed by atoms with Crippen LogP contribution in [0.3, 0.4) is 0 Å². The lowest BCUT2D eigenvalue weighted by molar-refractivity contribution is 0.466. The Morgan fingerprint density at radius 1 is 0.326 bits per heavy atom. The van der Waals surface area contributed by atoms with E-state index in [4.69, 9.17) is 0 Å². The van der Waals surface area contributed by atoms with E-state index in [1.807, 2.05) is 0 Å². The Labute approximate surface area is 544 Å². The highest BCUT2D eigenvalue weighted by atomic mass is 14.4. The molecule has 0 aliphatic heterocycles. The van der Waals surface area contributed by atoms with Crippen LogP contribution >= 0.6 is 0 Å². The first-order valence-corrected chi connectivity index (χ1v) is 33.8. The number of rotatable bonds is 14. The maximum atomic E-state index is 2.65. The lowest BCUT2D eigenvalue weighted by atomic mass is 9.75. The molecular formula is C92H76. The molecule has 4 unspecified atom stereocenters. The monoisotopic (exact) mass is 1180 g/mol. The second-order valence-corrected chi connectivity index (χ2v) is 27.4. The molecule has 12 aromatic rings. The molecule has 0 aromatic heterocycles. The molecule has 0 amide bonds. The molecule has 5 aliphatic rings. The minimum Gasteiger partial charge on any atom is -0.0726 e. The highest BCUT2D eigenvalue weighted by Crippen LogP contribution is 2.56. The van der Waals surface area contributed by atoms with Crippen molar-refractivity contribution in [2.45, 2.75) is 101 Å². The SMILES string of the molecule is CCC(CC(CC(C)c1cc(C2c3ccccc3-c3ccccc32)cc(C2c3ccccc3-c3ccccc32)c1)c1ccc(C2=CC=CC2c2c(C)cc(C)cc2C)cc1)c1cc(C2c3ccccc3-c3ccccc32)cc(C2c3ccccc3-c3ccccc32)c1. The van der Waals surface area contributed by atoms with E-state index in [9.17, 15) is 0 Å². The summed E-state index contributed by atoms with van der Waals surface area (Å²) in [5.41, 5.74) is 40.1. The van der Waals surface area contributed by atoms with E-state index in [0.29, 0.717) is 0 Å². The smallest absolute Gasteiger partial charge is 0.0352 e.